The molecule has 0 aliphatic rings. The number of likely N-dealkylation sites (N-methyl/N-ethyl adjacent to an activating group) is 1. The molecule has 0 aromatic heterocycles. The molecule has 1 rings (SSSR count). The maximum Gasteiger partial charge on any atom is 0.161 e. The Balaban J connectivity index is 2.79. The first-order valence-electron chi connectivity index (χ1n) is 6.63. The second-order valence-electron chi connectivity index (χ2n) is 4.83. The molecule has 0 spiro atoms. The molecule has 0 saturated heterocycles. The Kier molecular flexibility index (Phi) is 6.12. The Morgan fingerprint density at radius 1 is 1.21 bits per heavy atom. The van der Waals surface area contributed by atoms with E-state index in [4.69, 9.17) is 9.47 Å². The van der Waals surface area contributed by atoms with Gasteiger partial charge in [0.25, 0.3) is 0 Å². The third kappa shape index (κ3) is 4.11. The molecule has 0 radical (unpaired) electrons. The summed E-state index contributed by atoms with van der Waals surface area (Å²) in [5.41, 5.74) is 0.841. The van der Waals surface area contributed by atoms with Crippen LogP contribution in [-0.2, 0) is 0 Å². The Morgan fingerprint density at radius 3 is 2.37 bits per heavy atom. The van der Waals surface area contributed by atoms with Gasteiger partial charge in [-0.2, -0.15) is 0 Å². The van der Waals surface area contributed by atoms with Crippen LogP contribution < -0.4 is 9.47 Å². The highest BCUT2D eigenvalue weighted by molar-refractivity contribution is 5.43. The molecule has 0 aliphatic heterocycles. The zero-order valence-corrected chi connectivity index (χ0v) is 12.5. The third-order valence-corrected chi connectivity index (χ3v) is 3.60. The lowest BCUT2D eigenvalue weighted by Gasteiger charge is -2.26. The SMILES string of the molecule is CCC(C)N(C)CC(O)c1ccc(OC)c(OC)c1. The van der Waals surface area contributed by atoms with Crippen LogP contribution in [0.4, 0.5) is 0 Å². The number of aliphatic hydroxyl groups is 1. The van der Waals surface area contributed by atoms with Gasteiger partial charge in [0.05, 0.1) is 20.3 Å². The van der Waals surface area contributed by atoms with Crippen molar-refractivity contribution in [2.75, 3.05) is 27.8 Å². The first-order valence-corrected chi connectivity index (χ1v) is 6.63. The molecule has 0 aliphatic carbocycles. The topological polar surface area (TPSA) is 41.9 Å². The maximum absolute atomic E-state index is 10.3. The predicted octanol–water partition coefficient (Wildman–Crippen LogP) is 2.47. The lowest BCUT2D eigenvalue weighted by atomic mass is 10.1. The van der Waals surface area contributed by atoms with E-state index >= 15 is 0 Å². The first-order chi connectivity index (χ1) is 9.03. The molecule has 2 unspecified atom stereocenters. The second kappa shape index (κ2) is 7.36. The maximum atomic E-state index is 10.3. The highest BCUT2D eigenvalue weighted by Gasteiger charge is 2.16. The molecule has 1 aromatic carbocycles. The minimum absolute atomic E-state index is 0.454. The molecule has 1 N–H and O–H groups in total. The standard InChI is InChI=1S/C15H25NO3/c1-6-11(2)16(3)10-13(17)12-7-8-14(18-4)15(9-12)19-5/h7-9,11,13,17H,6,10H2,1-5H3. The van der Waals surface area contributed by atoms with Crippen LogP contribution in [0.5, 0.6) is 11.5 Å². The summed E-state index contributed by atoms with van der Waals surface area (Å²) in [5.74, 6) is 1.32. The van der Waals surface area contributed by atoms with E-state index < -0.39 is 6.10 Å². The van der Waals surface area contributed by atoms with Gasteiger partial charge < -0.3 is 19.5 Å². The van der Waals surface area contributed by atoms with Crippen LogP contribution in [-0.4, -0.2) is 43.9 Å². The molecule has 2 atom stereocenters. The Bertz CT molecular complexity index is 395. The summed E-state index contributed by atoms with van der Waals surface area (Å²) >= 11 is 0. The number of nitrogens with zero attached hydrogens (tertiary/aromatic N) is 1. The summed E-state index contributed by atoms with van der Waals surface area (Å²) in [6, 6.07) is 5.97. The summed E-state index contributed by atoms with van der Waals surface area (Å²) in [6.45, 7) is 4.90. The third-order valence-electron chi connectivity index (χ3n) is 3.60. The number of ether oxygens (including phenoxy) is 2. The summed E-state index contributed by atoms with van der Waals surface area (Å²) < 4.78 is 10.4. The van der Waals surface area contributed by atoms with Gasteiger partial charge in [-0.3, -0.25) is 0 Å². The fraction of sp³-hybridized carbons (Fsp3) is 0.600. The fourth-order valence-corrected chi connectivity index (χ4v) is 1.93. The number of benzene rings is 1. The fourth-order valence-electron chi connectivity index (χ4n) is 1.93. The van der Waals surface area contributed by atoms with Crippen molar-refractivity contribution in [1.82, 2.24) is 4.90 Å². The van der Waals surface area contributed by atoms with E-state index in [1.165, 1.54) is 0 Å². The number of hydrogen-bond acceptors (Lipinski definition) is 4. The molecular weight excluding hydrogens is 242 g/mol. The van der Waals surface area contributed by atoms with E-state index in [0.29, 0.717) is 24.1 Å². The molecule has 0 heterocycles. The van der Waals surface area contributed by atoms with Crippen molar-refractivity contribution in [2.24, 2.45) is 0 Å². The monoisotopic (exact) mass is 267 g/mol. The minimum Gasteiger partial charge on any atom is -0.493 e. The number of hydrogen-bond donors (Lipinski definition) is 1. The van der Waals surface area contributed by atoms with Crippen molar-refractivity contribution in [1.29, 1.82) is 0 Å². The quantitative estimate of drug-likeness (QED) is 0.824. The molecule has 1 aromatic rings. The highest BCUT2D eigenvalue weighted by atomic mass is 16.5. The lowest BCUT2D eigenvalue weighted by molar-refractivity contribution is 0.107. The molecule has 0 bridgehead atoms. The molecule has 4 heteroatoms. The van der Waals surface area contributed by atoms with Crippen LogP contribution in [0, 0.1) is 0 Å². The zero-order valence-electron chi connectivity index (χ0n) is 12.5. The second-order valence-corrected chi connectivity index (χ2v) is 4.83. The van der Waals surface area contributed by atoms with Gasteiger partial charge in [-0.25, -0.2) is 0 Å². The average molecular weight is 267 g/mol. The average Bonchev–Trinajstić information content (AvgIpc) is 2.45. The van der Waals surface area contributed by atoms with Gasteiger partial charge >= 0.3 is 0 Å². The van der Waals surface area contributed by atoms with Gasteiger partial charge in [-0.05, 0) is 38.1 Å². The van der Waals surface area contributed by atoms with Crippen molar-refractivity contribution in [3.8, 4) is 11.5 Å². The molecule has 19 heavy (non-hydrogen) atoms. The summed E-state index contributed by atoms with van der Waals surface area (Å²) in [5, 5.41) is 10.3. The number of rotatable bonds is 7. The van der Waals surface area contributed by atoms with Crippen LogP contribution in [0.2, 0.25) is 0 Å². The normalized spacial score (nSPS) is 14.3. The molecule has 108 valence electrons. The number of aliphatic hydroxyl groups excluding tert-OH is 1. The van der Waals surface area contributed by atoms with Crippen LogP contribution in [0.15, 0.2) is 18.2 Å². The van der Waals surface area contributed by atoms with Crippen molar-refractivity contribution in [2.45, 2.75) is 32.4 Å². The first kappa shape index (κ1) is 15.8. The smallest absolute Gasteiger partial charge is 0.161 e. The van der Waals surface area contributed by atoms with Gasteiger partial charge in [0.2, 0.25) is 0 Å². The van der Waals surface area contributed by atoms with Gasteiger partial charge in [0.1, 0.15) is 0 Å². The molecular formula is C15H25NO3. The Morgan fingerprint density at radius 2 is 1.84 bits per heavy atom. The predicted molar refractivity (Wildman–Crippen MR) is 76.9 cm³/mol. The van der Waals surface area contributed by atoms with Crippen molar-refractivity contribution in [3.05, 3.63) is 23.8 Å². The van der Waals surface area contributed by atoms with Crippen LogP contribution in [0.1, 0.15) is 31.9 Å². The Labute approximate surface area is 115 Å². The van der Waals surface area contributed by atoms with E-state index in [1.807, 2.05) is 25.2 Å². The molecule has 4 nitrogen and oxygen atoms in total. The minimum atomic E-state index is -0.529. The zero-order chi connectivity index (χ0) is 14.4. The highest BCUT2D eigenvalue weighted by Crippen LogP contribution is 2.30. The largest absolute Gasteiger partial charge is 0.493 e. The van der Waals surface area contributed by atoms with E-state index in [9.17, 15) is 5.11 Å². The van der Waals surface area contributed by atoms with Crippen LogP contribution in [0.25, 0.3) is 0 Å². The molecule has 0 amide bonds. The molecule has 0 saturated carbocycles. The van der Waals surface area contributed by atoms with E-state index in [1.54, 1.807) is 14.2 Å². The van der Waals surface area contributed by atoms with Crippen molar-refractivity contribution in [3.63, 3.8) is 0 Å². The van der Waals surface area contributed by atoms with E-state index in [-0.39, 0.29) is 0 Å². The van der Waals surface area contributed by atoms with E-state index in [2.05, 4.69) is 18.7 Å². The number of methoxy groups -OCH3 is 2. The van der Waals surface area contributed by atoms with Crippen LogP contribution in [0.3, 0.4) is 0 Å². The lowest BCUT2D eigenvalue weighted by Crippen LogP contribution is -2.32. The van der Waals surface area contributed by atoms with E-state index in [0.717, 1.165) is 12.0 Å². The summed E-state index contributed by atoms with van der Waals surface area (Å²) in [7, 11) is 5.22. The van der Waals surface area contributed by atoms with Gasteiger partial charge in [-0.15, -0.1) is 0 Å². The van der Waals surface area contributed by atoms with Crippen LogP contribution >= 0.6 is 0 Å². The van der Waals surface area contributed by atoms with Gasteiger partial charge in [0.15, 0.2) is 11.5 Å². The van der Waals surface area contributed by atoms with Gasteiger partial charge in [0, 0.05) is 12.6 Å². The Hall–Kier alpha value is -1.26. The molecule has 0 fully saturated rings. The summed E-state index contributed by atoms with van der Waals surface area (Å²) in [6.07, 6.45) is 0.536. The van der Waals surface area contributed by atoms with Crippen molar-refractivity contribution >= 4 is 0 Å². The summed E-state index contributed by atoms with van der Waals surface area (Å²) in [4.78, 5) is 2.15. The van der Waals surface area contributed by atoms with Crippen molar-refractivity contribution < 1.29 is 14.6 Å². The van der Waals surface area contributed by atoms with Gasteiger partial charge in [-0.1, -0.05) is 13.0 Å².